The molecule has 0 unspecified atom stereocenters. The summed E-state index contributed by atoms with van der Waals surface area (Å²) in [6.07, 6.45) is 9.64. The van der Waals surface area contributed by atoms with E-state index < -0.39 is 10.0 Å². The lowest BCUT2D eigenvalue weighted by molar-refractivity contribution is 0.197. The van der Waals surface area contributed by atoms with Gasteiger partial charge in [-0.2, -0.15) is 19.6 Å². The first-order chi connectivity index (χ1) is 16.5. The zero-order valence-electron chi connectivity index (χ0n) is 21.0. The molecular weight excluding hydrogens is 472 g/mol. The maximum absolute atomic E-state index is 12.2. The quantitative estimate of drug-likeness (QED) is 0.562. The van der Waals surface area contributed by atoms with Crippen molar-refractivity contribution in [2.24, 2.45) is 0 Å². The zero-order valence-corrected chi connectivity index (χ0v) is 21.8. The Hall–Kier alpha value is -2.77. The summed E-state index contributed by atoms with van der Waals surface area (Å²) >= 11 is 0. The minimum absolute atomic E-state index is 0.0107. The third-order valence-electron chi connectivity index (χ3n) is 6.00. The molecule has 2 fully saturated rings. The highest BCUT2D eigenvalue weighted by Crippen LogP contribution is 2.09. The van der Waals surface area contributed by atoms with Gasteiger partial charge in [0.15, 0.2) is 0 Å². The second-order valence-corrected chi connectivity index (χ2v) is 11.1. The Morgan fingerprint density at radius 2 is 1.23 bits per heavy atom. The predicted octanol–water partition coefficient (Wildman–Crippen LogP) is 0.924. The van der Waals surface area contributed by atoms with Crippen molar-refractivity contribution in [3.05, 3.63) is 35.9 Å². The number of aromatic nitrogens is 4. The largest absolute Gasteiger partial charge is 0.344 e. The van der Waals surface area contributed by atoms with E-state index in [4.69, 9.17) is 0 Å². The van der Waals surface area contributed by atoms with Crippen molar-refractivity contribution in [3.8, 4) is 0 Å². The molecule has 0 radical (unpaired) electrons. The maximum atomic E-state index is 12.2. The van der Waals surface area contributed by atoms with E-state index in [1.807, 2.05) is 18.7 Å². The number of rotatable bonds is 1. The lowest BCUT2D eigenvalue weighted by Gasteiger charge is -2.20. The monoisotopic (exact) mass is 508 g/mol. The van der Waals surface area contributed by atoms with Crippen LogP contribution in [0.2, 0.25) is 0 Å². The third-order valence-corrected chi connectivity index (χ3v) is 7.30. The summed E-state index contributed by atoms with van der Waals surface area (Å²) in [5, 5.41) is 8.04. The highest BCUT2D eigenvalue weighted by atomic mass is 32.2. The van der Waals surface area contributed by atoms with Gasteiger partial charge in [0.1, 0.15) is 0 Å². The van der Waals surface area contributed by atoms with Crippen LogP contribution in [0.3, 0.4) is 0 Å². The Bertz CT molecular complexity index is 1110. The average molecular weight is 509 g/mol. The topological polar surface area (TPSA) is 117 Å². The SMILES string of the molecule is Cc1cnn(C(=O)N2CCCN(C)CC2)c1.Cc1cnn(C(=O)N2CCCN(S(C)(=O)=O)CC2)c1. The molecule has 194 valence electrons. The van der Waals surface area contributed by atoms with Gasteiger partial charge in [0.2, 0.25) is 10.0 Å². The first-order valence-electron chi connectivity index (χ1n) is 11.8. The second-order valence-electron chi connectivity index (χ2n) is 9.14. The molecule has 2 aliphatic rings. The fourth-order valence-corrected chi connectivity index (χ4v) is 4.85. The third kappa shape index (κ3) is 7.61. The van der Waals surface area contributed by atoms with Crippen molar-refractivity contribution in [1.82, 2.24) is 38.6 Å². The van der Waals surface area contributed by atoms with E-state index >= 15 is 0 Å². The molecule has 13 heteroatoms. The van der Waals surface area contributed by atoms with E-state index in [0.717, 1.165) is 43.7 Å². The number of nitrogens with zero attached hydrogens (tertiary/aromatic N) is 8. The minimum Gasteiger partial charge on any atom is -0.322 e. The number of carbonyl (C=O) groups is 2. The van der Waals surface area contributed by atoms with Gasteiger partial charge in [0.05, 0.1) is 18.6 Å². The normalized spacial score (nSPS) is 18.4. The minimum atomic E-state index is -3.19. The predicted molar refractivity (Wildman–Crippen MR) is 132 cm³/mol. The van der Waals surface area contributed by atoms with Gasteiger partial charge in [-0.1, -0.05) is 0 Å². The van der Waals surface area contributed by atoms with Crippen LogP contribution in [0, 0.1) is 13.8 Å². The summed E-state index contributed by atoms with van der Waals surface area (Å²) in [5.74, 6) is 0. The van der Waals surface area contributed by atoms with E-state index in [9.17, 15) is 18.0 Å². The number of likely N-dealkylation sites (N-methyl/N-ethyl adjacent to an activating group) is 1. The first kappa shape index (κ1) is 26.8. The Labute approximate surface area is 207 Å². The molecular formula is C22H36N8O4S. The number of sulfonamides is 1. The smallest absolute Gasteiger partial charge is 0.322 e. The van der Waals surface area contributed by atoms with Gasteiger partial charge in [-0.25, -0.2) is 22.3 Å². The molecule has 4 rings (SSSR count). The van der Waals surface area contributed by atoms with Gasteiger partial charge in [-0.05, 0) is 51.4 Å². The van der Waals surface area contributed by atoms with Crippen LogP contribution in [0.25, 0.3) is 0 Å². The van der Waals surface area contributed by atoms with Crippen LogP contribution in [0.1, 0.15) is 24.0 Å². The highest BCUT2D eigenvalue weighted by molar-refractivity contribution is 7.88. The molecule has 0 aromatic carbocycles. The Kier molecular flexibility index (Phi) is 9.03. The van der Waals surface area contributed by atoms with E-state index in [-0.39, 0.29) is 12.1 Å². The number of amides is 2. The van der Waals surface area contributed by atoms with Crippen molar-refractivity contribution in [2.75, 3.05) is 65.7 Å². The summed E-state index contributed by atoms with van der Waals surface area (Å²) in [6.45, 7) is 9.14. The first-order valence-corrected chi connectivity index (χ1v) is 13.6. The molecule has 2 amide bonds. The molecule has 0 saturated carbocycles. The van der Waals surface area contributed by atoms with Gasteiger partial charge < -0.3 is 14.7 Å². The standard InChI is InChI=1S/C11H18N4O3S.C11H18N4O/c1-10-8-12-15(9-10)11(16)13-4-3-5-14(7-6-13)19(2,17)18;1-10-8-12-15(9-10)11(16)14-5-3-4-13(2)6-7-14/h8-9H,3-7H2,1-2H3;8-9H,3-7H2,1-2H3. The van der Waals surface area contributed by atoms with Crippen LogP contribution in [0.5, 0.6) is 0 Å². The molecule has 2 saturated heterocycles. The van der Waals surface area contributed by atoms with Gasteiger partial charge in [-0.3, -0.25) is 0 Å². The molecule has 0 aliphatic carbocycles. The highest BCUT2D eigenvalue weighted by Gasteiger charge is 2.24. The van der Waals surface area contributed by atoms with E-state index in [0.29, 0.717) is 32.6 Å². The fourth-order valence-electron chi connectivity index (χ4n) is 3.98. The number of hydrogen-bond donors (Lipinski definition) is 0. The molecule has 0 N–H and O–H groups in total. The molecule has 0 spiro atoms. The lowest BCUT2D eigenvalue weighted by atomic mass is 10.4. The molecule has 2 aromatic heterocycles. The molecule has 4 heterocycles. The van der Waals surface area contributed by atoms with Gasteiger partial charge >= 0.3 is 12.1 Å². The second kappa shape index (κ2) is 11.8. The van der Waals surface area contributed by atoms with Gasteiger partial charge in [-0.15, -0.1) is 0 Å². The fraction of sp³-hybridized carbons (Fsp3) is 0.636. The molecule has 35 heavy (non-hydrogen) atoms. The summed E-state index contributed by atoms with van der Waals surface area (Å²) in [5.41, 5.74) is 1.93. The number of carbonyl (C=O) groups excluding carboxylic acids is 2. The lowest BCUT2D eigenvalue weighted by Crippen LogP contribution is -2.39. The van der Waals surface area contributed by atoms with Crippen molar-refractivity contribution in [1.29, 1.82) is 0 Å². The van der Waals surface area contributed by atoms with E-state index in [2.05, 4.69) is 22.1 Å². The molecule has 2 aromatic rings. The molecule has 2 aliphatic heterocycles. The van der Waals surface area contributed by atoms with Gasteiger partial charge in [0.25, 0.3) is 0 Å². The van der Waals surface area contributed by atoms with Crippen LogP contribution in [0.15, 0.2) is 24.8 Å². The molecule has 0 bridgehead atoms. The van der Waals surface area contributed by atoms with Crippen molar-refractivity contribution in [2.45, 2.75) is 26.7 Å². The Morgan fingerprint density at radius 3 is 1.69 bits per heavy atom. The summed E-state index contributed by atoms with van der Waals surface area (Å²) in [6, 6.07) is -0.216. The van der Waals surface area contributed by atoms with Gasteiger partial charge in [0, 0.05) is 58.2 Å². The summed E-state index contributed by atoms with van der Waals surface area (Å²) in [4.78, 5) is 30.0. The molecule has 0 atom stereocenters. The van der Waals surface area contributed by atoms with E-state index in [1.165, 1.54) is 19.9 Å². The summed E-state index contributed by atoms with van der Waals surface area (Å²) < 4.78 is 27.1. The van der Waals surface area contributed by atoms with Crippen LogP contribution in [0.4, 0.5) is 9.59 Å². The van der Waals surface area contributed by atoms with Crippen LogP contribution < -0.4 is 0 Å². The molecule has 12 nitrogen and oxygen atoms in total. The van der Waals surface area contributed by atoms with Crippen molar-refractivity contribution in [3.63, 3.8) is 0 Å². The van der Waals surface area contributed by atoms with E-state index in [1.54, 1.807) is 29.7 Å². The Balaban J connectivity index is 0.000000198. The van der Waals surface area contributed by atoms with Crippen LogP contribution in [-0.2, 0) is 10.0 Å². The van der Waals surface area contributed by atoms with Crippen LogP contribution in [-0.4, -0.2) is 125 Å². The zero-order chi connectivity index (χ0) is 25.6. The maximum Gasteiger partial charge on any atom is 0.344 e. The van der Waals surface area contributed by atoms with Crippen molar-refractivity contribution >= 4 is 22.1 Å². The van der Waals surface area contributed by atoms with Crippen LogP contribution >= 0.6 is 0 Å². The van der Waals surface area contributed by atoms with Crippen molar-refractivity contribution < 1.29 is 18.0 Å². The average Bonchev–Trinajstić information content (AvgIpc) is 3.26. The number of aryl methyl sites for hydroxylation is 2. The summed E-state index contributed by atoms with van der Waals surface area (Å²) in [7, 11) is -1.10. The Morgan fingerprint density at radius 1 is 0.743 bits per heavy atom. The number of hydrogen-bond acceptors (Lipinski definition) is 7.